The van der Waals surface area contributed by atoms with Crippen molar-refractivity contribution in [2.45, 2.75) is 19.9 Å². The average Bonchev–Trinajstić information content (AvgIpc) is 2.51. The third-order valence-corrected chi connectivity index (χ3v) is 2.06. The Kier molecular flexibility index (Phi) is 3.08. The zero-order valence-electron chi connectivity index (χ0n) is 8.54. The standard InChI is InChI=1S/C9H13N3O3/c1-5(2)7(9(14)15)12-4-6(3-11-12)8(10)13/h3-5,7H,1-2H3,(H2,10,13)(H,14,15). The SMILES string of the molecule is CC(C)C(C(=O)O)n1cc(C(N)=O)cn1. The molecule has 0 aliphatic carbocycles. The van der Waals surface area contributed by atoms with Crippen LogP contribution in [0.25, 0.3) is 0 Å². The molecule has 0 saturated carbocycles. The van der Waals surface area contributed by atoms with Crippen molar-refractivity contribution in [1.82, 2.24) is 9.78 Å². The van der Waals surface area contributed by atoms with Gasteiger partial charge in [0.25, 0.3) is 5.91 Å². The van der Waals surface area contributed by atoms with E-state index in [0.717, 1.165) is 0 Å². The Bertz CT molecular complexity index is 384. The van der Waals surface area contributed by atoms with Gasteiger partial charge in [-0.2, -0.15) is 5.10 Å². The van der Waals surface area contributed by atoms with Crippen LogP contribution in [0.2, 0.25) is 0 Å². The molecule has 82 valence electrons. The van der Waals surface area contributed by atoms with Crippen molar-refractivity contribution in [3.63, 3.8) is 0 Å². The number of carbonyl (C=O) groups is 2. The Labute approximate surface area is 86.7 Å². The number of primary amides is 1. The van der Waals surface area contributed by atoms with Crippen LogP contribution < -0.4 is 5.73 Å². The lowest BCUT2D eigenvalue weighted by molar-refractivity contribution is -0.142. The zero-order chi connectivity index (χ0) is 11.6. The largest absolute Gasteiger partial charge is 0.480 e. The Hall–Kier alpha value is -1.85. The molecule has 1 rings (SSSR count). The number of carboxylic acid groups (broad SMARTS) is 1. The molecule has 0 aromatic carbocycles. The van der Waals surface area contributed by atoms with Crippen LogP contribution in [0.1, 0.15) is 30.2 Å². The van der Waals surface area contributed by atoms with E-state index in [0.29, 0.717) is 0 Å². The van der Waals surface area contributed by atoms with Crippen LogP contribution in [0.5, 0.6) is 0 Å². The van der Waals surface area contributed by atoms with Crippen molar-refractivity contribution < 1.29 is 14.7 Å². The third kappa shape index (κ3) is 2.34. The van der Waals surface area contributed by atoms with Gasteiger partial charge in [0.2, 0.25) is 0 Å². The minimum Gasteiger partial charge on any atom is -0.480 e. The lowest BCUT2D eigenvalue weighted by Gasteiger charge is -2.16. The lowest BCUT2D eigenvalue weighted by Crippen LogP contribution is -2.24. The minimum atomic E-state index is -0.982. The van der Waals surface area contributed by atoms with Gasteiger partial charge < -0.3 is 10.8 Å². The molecular formula is C9H13N3O3. The van der Waals surface area contributed by atoms with Crippen molar-refractivity contribution in [1.29, 1.82) is 0 Å². The summed E-state index contributed by atoms with van der Waals surface area (Å²) in [5, 5.41) is 12.8. The van der Waals surface area contributed by atoms with Gasteiger partial charge in [0.05, 0.1) is 11.8 Å². The molecule has 0 aliphatic heterocycles. The molecule has 1 unspecified atom stereocenters. The number of nitrogens with two attached hydrogens (primary N) is 1. The summed E-state index contributed by atoms with van der Waals surface area (Å²) in [5.41, 5.74) is 5.25. The summed E-state index contributed by atoms with van der Waals surface area (Å²) in [6.45, 7) is 3.54. The van der Waals surface area contributed by atoms with E-state index in [9.17, 15) is 9.59 Å². The normalized spacial score (nSPS) is 12.7. The highest BCUT2D eigenvalue weighted by atomic mass is 16.4. The van der Waals surface area contributed by atoms with Crippen molar-refractivity contribution in [2.75, 3.05) is 0 Å². The first-order chi connectivity index (χ1) is 6.93. The second kappa shape index (κ2) is 4.12. The van der Waals surface area contributed by atoms with E-state index in [1.807, 2.05) is 0 Å². The molecule has 0 radical (unpaired) electrons. The predicted molar refractivity (Wildman–Crippen MR) is 52.3 cm³/mol. The topological polar surface area (TPSA) is 98.2 Å². The summed E-state index contributed by atoms with van der Waals surface area (Å²) in [5.74, 6) is -1.72. The van der Waals surface area contributed by atoms with Crippen LogP contribution in [0.15, 0.2) is 12.4 Å². The van der Waals surface area contributed by atoms with Crippen LogP contribution in [0, 0.1) is 5.92 Å². The summed E-state index contributed by atoms with van der Waals surface area (Å²) in [4.78, 5) is 21.7. The lowest BCUT2D eigenvalue weighted by atomic mass is 10.1. The van der Waals surface area contributed by atoms with E-state index in [-0.39, 0.29) is 11.5 Å². The van der Waals surface area contributed by atoms with E-state index in [1.54, 1.807) is 13.8 Å². The van der Waals surface area contributed by atoms with Crippen LogP contribution in [0.3, 0.4) is 0 Å². The Morgan fingerprint density at radius 3 is 2.47 bits per heavy atom. The van der Waals surface area contributed by atoms with Gasteiger partial charge in [-0.15, -0.1) is 0 Å². The highest BCUT2D eigenvalue weighted by Crippen LogP contribution is 2.17. The molecule has 1 heterocycles. The van der Waals surface area contributed by atoms with Crippen LogP contribution in [-0.4, -0.2) is 26.8 Å². The monoisotopic (exact) mass is 211 g/mol. The highest BCUT2D eigenvalue weighted by Gasteiger charge is 2.24. The van der Waals surface area contributed by atoms with E-state index in [2.05, 4.69) is 5.10 Å². The zero-order valence-corrected chi connectivity index (χ0v) is 8.54. The van der Waals surface area contributed by atoms with Gasteiger partial charge in [0, 0.05) is 6.20 Å². The number of aromatic nitrogens is 2. The van der Waals surface area contributed by atoms with Crippen LogP contribution in [-0.2, 0) is 4.79 Å². The number of hydrogen-bond acceptors (Lipinski definition) is 3. The van der Waals surface area contributed by atoms with E-state index < -0.39 is 17.9 Å². The Balaban J connectivity index is 3.02. The number of carbonyl (C=O) groups excluding carboxylic acids is 1. The summed E-state index contributed by atoms with van der Waals surface area (Å²) in [7, 11) is 0. The second-order valence-electron chi connectivity index (χ2n) is 3.60. The average molecular weight is 211 g/mol. The number of carboxylic acids is 1. The van der Waals surface area contributed by atoms with Crippen molar-refractivity contribution in [2.24, 2.45) is 11.7 Å². The number of aliphatic carboxylic acids is 1. The molecule has 15 heavy (non-hydrogen) atoms. The Morgan fingerprint density at radius 2 is 2.13 bits per heavy atom. The molecule has 1 aromatic heterocycles. The smallest absolute Gasteiger partial charge is 0.328 e. The molecule has 0 aliphatic rings. The number of nitrogens with zero attached hydrogens (tertiary/aromatic N) is 2. The molecule has 1 atom stereocenters. The van der Waals surface area contributed by atoms with Gasteiger partial charge in [0.15, 0.2) is 6.04 Å². The third-order valence-electron chi connectivity index (χ3n) is 2.06. The van der Waals surface area contributed by atoms with Gasteiger partial charge in [-0.05, 0) is 5.92 Å². The first-order valence-electron chi connectivity index (χ1n) is 4.50. The maximum atomic E-state index is 10.9. The highest BCUT2D eigenvalue weighted by molar-refractivity contribution is 5.92. The molecule has 6 heteroatoms. The van der Waals surface area contributed by atoms with Gasteiger partial charge >= 0.3 is 5.97 Å². The molecule has 0 spiro atoms. The second-order valence-corrected chi connectivity index (χ2v) is 3.60. The molecular weight excluding hydrogens is 198 g/mol. The van der Waals surface area contributed by atoms with E-state index in [1.165, 1.54) is 17.1 Å². The Morgan fingerprint density at radius 1 is 1.53 bits per heavy atom. The molecule has 3 N–H and O–H groups in total. The number of rotatable bonds is 4. The molecule has 0 fully saturated rings. The maximum Gasteiger partial charge on any atom is 0.328 e. The summed E-state index contributed by atoms with van der Waals surface area (Å²) < 4.78 is 1.24. The summed E-state index contributed by atoms with van der Waals surface area (Å²) >= 11 is 0. The molecule has 1 amide bonds. The maximum absolute atomic E-state index is 10.9. The fraction of sp³-hybridized carbons (Fsp3) is 0.444. The van der Waals surface area contributed by atoms with Crippen LogP contribution >= 0.6 is 0 Å². The fourth-order valence-corrected chi connectivity index (χ4v) is 1.32. The fourth-order valence-electron chi connectivity index (χ4n) is 1.32. The molecule has 6 nitrogen and oxygen atoms in total. The molecule has 0 saturated heterocycles. The number of amides is 1. The molecule has 0 bridgehead atoms. The van der Waals surface area contributed by atoms with Gasteiger partial charge in [0.1, 0.15) is 0 Å². The summed E-state index contributed by atoms with van der Waals surface area (Å²) in [6.07, 6.45) is 2.61. The minimum absolute atomic E-state index is 0.122. The van der Waals surface area contributed by atoms with Crippen molar-refractivity contribution in [3.05, 3.63) is 18.0 Å². The quantitative estimate of drug-likeness (QED) is 0.746. The summed E-state index contributed by atoms with van der Waals surface area (Å²) in [6, 6.07) is -0.780. The van der Waals surface area contributed by atoms with Gasteiger partial charge in [-0.1, -0.05) is 13.8 Å². The number of hydrogen-bond donors (Lipinski definition) is 2. The van der Waals surface area contributed by atoms with Gasteiger partial charge in [-0.25, -0.2) is 4.79 Å². The van der Waals surface area contributed by atoms with Crippen LogP contribution in [0.4, 0.5) is 0 Å². The first kappa shape index (κ1) is 11.2. The van der Waals surface area contributed by atoms with E-state index in [4.69, 9.17) is 10.8 Å². The van der Waals surface area contributed by atoms with Crippen molar-refractivity contribution >= 4 is 11.9 Å². The molecule has 1 aromatic rings. The first-order valence-corrected chi connectivity index (χ1v) is 4.50. The van der Waals surface area contributed by atoms with E-state index >= 15 is 0 Å². The van der Waals surface area contributed by atoms with Crippen molar-refractivity contribution in [3.8, 4) is 0 Å². The van der Waals surface area contributed by atoms with Gasteiger partial charge in [-0.3, -0.25) is 9.48 Å². The predicted octanol–water partition coefficient (Wildman–Crippen LogP) is 0.264.